The van der Waals surface area contributed by atoms with E-state index >= 15 is 0 Å². The van der Waals surface area contributed by atoms with Crippen LogP contribution in [-0.2, 0) is 81.4 Å². The Morgan fingerprint density at radius 2 is 1.43 bits per heavy atom. The minimum absolute atomic E-state index is 0.0175. The number of aliphatic hydroxyl groups excluding tert-OH is 4. The quantitative estimate of drug-likeness (QED) is 0.0314. The largest absolute Gasteiger partial charge is 0.480 e. The third-order valence-electron chi connectivity index (χ3n) is 17.6. The summed E-state index contributed by atoms with van der Waals surface area (Å²) >= 11 is 0. The number of aliphatic hydroxyl groups is 4. The summed E-state index contributed by atoms with van der Waals surface area (Å²) in [6.07, 6.45) is -8.19. The number of carboxylic acid groups (broad SMARTS) is 1. The first-order valence-electron chi connectivity index (χ1n) is 32.7. The van der Waals surface area contributed by atoms with Crippen molar-refractivity contribution in [3.8, 4) is 5.75 Å². The lowest BCUT2D eigenvalue weighted by Gasteiger charge is -2.41. The molecule has 1 aromatic heterocycles. The Morgan fingerprint density at radius 1 is 0.766 bits per heavy atom. The number of amides is 5. The van der Waals surface area contributed by atoms with E-state index < -0.39 is 140 Å². The number of aromatic nitrogens is 1. The Labute approximate surface area is 551 Å². The Balaban J connectivity index is 1.34. The summed E-state index contributed by atoms with van der Waals surface area (Å²) in [5, 5.41) is 58.1. The first kappa shape index (κ1) is 78.2. The fourth-order valence-corrected chi connectivity index (χ4v) is 12.3. The van der Waals surface area contributed by atoms with Crippen molar-refractivity contribution in [1.29, 1.82) is 0 Å². The van der Waals surface area contributed by atoms with Gasteiger partial charge in [-0.2, -0.15) is 0 Å². The van der Waals surface area contributed by atoms with Crippen molar-refractivity contribution in [2.24, 2.45) is 23.7 Å². The number of fused-ring (bicyclic) bond motifs is 1. The van der Waals surface area contributed by atoms with Crippen molar-refractivity contribution < 1.29 is 102 Å². The number of carbonyl (C=O) groups is 7. The third kappa shape index (κ3) is 20.5. The summed E-state index contributed by atoms with van der Waals surface area (Å²) in [6.45, 7) is 17.4. The normalized spacial score (nSPS) is 20.8. The van der Waals surface area contributed by atoms with E-state index in [9.17, 15) is 59.1 Å². The number of benzene rings is 2. The van der Waals surface area contributed by atoms with Crippen molar-refractivity contribution in [2.45, 2.75) is 187 Å². The molecule has 27 heteroatoms. The molecule has 2 fully saturated rings. The van der Waals surface area contributed by atoms with Crippen LogP contribution in [-0.4, -0.2) is 247 Å². The molecule has 27 nitrogen and oxygen atoms in total. The van der Waals surface area contributed by atoms with Gasteiger partial charge in [0.15, 0.2) is 0 Å². The van der Waals surface area contributed by atoms with Gasteiger partial charge >= 0.3 is 18.0 Å². The zero-order chi connectivity index (χ0) is 69.5. The Kier molecular flexibility index (Phi) is 31.8. The molecule has 528 valence electrons. The average Bonchev–Trinajstić information content (AvgIpc) is 1.59. The van der Waals surface area contributed by atoms with Gasteiger partial charge in [-0.05, 0) is 67.2 Å². The molecule has 0 aliphatic carbocycles. The van der Waals surface area contributed by atoms with Gasteiger partial charge in [-0.15, -0.1) is 0 Å². The van der Waals surface area contributed by atoms with E-state index in [4.69, 9.17) is 42.6 Å². The first-order valence-corrected chi connectivity index (χ1v) is 32.7. The molecule has 2 saturated heterocycles. The van der Waals surface area contributed by atoms with Crippen LogP contribution in [0.3, 0.4) is 0 Å². The van der Waals surface area contributed by atoms with Crippen LogP contribution in [0.1, 0.15) is 116 Å². The summed E-state index contributed by atoms with van der Waals surface area (Å²) < 4.78 is 53.9. The van der Waals surface area contributed by atoms with E-state index in [2.05, 4.69) is 10.6 Å². The number of nitrogens with zero attached hydrogens (tertiary/aromatic N) is 4. The predicted octanol–water partition coefficient (Wildman–Crippen LogP) is 3.92. The molecule has 5 rings (SSSR count). The van der Waals surface area contributed by atoms with E-state index in [1.54, 1.807) is 88.4 Å². The maximum atomic E-state index is 15.0. The molecule has 2 aliphatic rings. The van der Waals surface area contributed by atoms with E-state index in [1.165, 1.54) is 38.3 Å². The molecule has 94 heavy (non-hydrogen) atoms. The average molecular weight is 1330 g/mol. The zero-order valence-electron chi connectivity index (χ0n) is 56.9. The lowest BCUT2D eigenvalue weighted by atomic mass is 9.89. The molecule has 0 spiro atoms. The number of hydrogen-bond donors (Lipinski definition) is 7. The lowest BCUT2D eigenvalue weighted by Crippen LogP contribution is -2.60. The SMILES string of the molecule is CCCOCCOCCOCCn1c(C(=O)OCC)cc2c(COC(=O)N(C)[C@H](C(=O)N[C@H](C(=O)N(C)[C@@H](C(C)CC)[C@@H](CC(=O)N3CCC[C@H]3[C@H](OC)[C@@H](C)C(=O)NC(Cc3ccccc3)C(=O)O)OC)C(C)C)C(C)C)ccc(O[C@@H]3O[C@H](CO)[C@H](O)[C@H](O)[C@H]3O)c21. The fourth-order valence-electron chi connectivity index (χ4n) is 12.3. The number of aliphatic carboxylic acids is 1. The highest BCUT2D eigenvalue weighted by Crippen LogP contribution is 2.36. The standard InChI is InChI=1S/C67H104N6O21/c1-14-28-88-30-32-90-33-31-89-29-27-73-48(65(84)91-16-3)35-45-44(24-25-49(56(45)73)93-66-59(78)58(77)57(76)51(37-74)94-66)38-92-67(85)71(11)54(40(6)7)62(80)69-53(39(4)5)63(81)70(10)55(41(8)15-2)50(86-12)36-52(75)72-26-20-23-47(72)60(87-13)42(9)61(79)68-46(64(82)83)34-43-21-18-17-19-22-43/h17-19,21-22,24-25,35,39-42,46-47,50-51,53-55,57-60,66,74,76-78H,14-16,20,23,26-34,36-38H2,1-13H3,(H,68,79)(H,69,80)(H,82,83)/t41?,42-,46?,47+,50-,51-,53+,54+,55+,57+,58+,59-,60-,66-/m1/s1. The summed E-state index contributed by atoms with van der Waals surface area (Å²) in [7, 11) is 5.93. The Bertz CT molecular complexity index is 2890. The Morgan fingerprint density at radius 3 is 2.01 bits per heavy atom. The van der Waals surface area contributed by atoms with Gasteiger partial charge < -0.3 is 93.2 Å². The smallest absolute Gasteiger partial charge is 0.410 e. The molecule has 0 saturated carbocycles. The highest BCUT2D eigenvalue weighted by molar-refractivity contribution is 5.99. The van der Waals surface area contributed by atoms with Crippen LogP contribution in [0.4, 0.5) is 4.79 Å². The van der Waals surface area contributed by atoms with Crippen LogP contribution in [0, 0.1) is 23.7 Å². The molecule has 14 atom stereocenters. The van der Waals surface area contributed by atoms with Crippen molar-refractivity contribution in [3.63, 3.8) is 0 Å². The predicted molar refractivity (Wildman–Crippen MR) is 344 cm³/mol. The number of ether oxygens (including phenoxy) is 9. The maximum absolute atomic E-state index is 15.0. The summed E-state index contributed by atoms with van der Waals surface area (Å²) in [5.74, 6) is -5.92. The zero-order valence-corrected chi connectivity index (χ0v) is 56.9. The second kappa shape index (κ2) is 38.3. The number of carbonyl (C=O) groups excluding carboxylic acids is 6. The molecule has 2 unspecified atom stereocenters. The molecule has 2 aromatic carbocycles. The fraction of sp³-hybridized carbons (Fsp3) is 0.687. The number of esters is 1. The third-order valence-corrected chi connectivity index (χ3v) is 17.6. The first-order chi connectivity index (χ1) is 44.8. The number of methoxy groups -OCH3 is 2. The van der Waals surface area contributed by atoms with E-state index in [0.29, 0.717) is 56.6 Å². The van der Waals surface area contributed by atoms with Gasteiger partial charge in [0.2, 0.25) is 29.9 Å². The van der Waals surface area contributed by atoms with E-state index in [0.717, 1.165) is 16.9 Å². The van der Waals surface area contributed by atoms with Crippen molar-refractivity contribution in [1.82, 2.24) is 29.9 Å². The second-order valence-corrected chi connectivity index (χ2v) is 24.8. The Hall–Kier alpha value is -6.53. The summed E-state index contributed by atoms with van der Waals surface area (Å²) in [5.41, 5.74) is 1.38. The van der Waals surface area contributed by atoms with Crippen molar-refractivity contribution >= 4 is 52.6 Å². The van der Waals surface area contributed by atoms with Gasteiger partial charge in [0.1, 0.15) is 60.6 Å². The van der Waals surface area contributed by atoms with Gasteiger partial charge in [0.25, 0.3) is 0 Å². The molecule has 5 amide bonds. The molecule has 0 bridgehead atoms. The molecule has 2 aliphatic heterocycles. The number of likely N-dealkylation sites (N-methyl/N-ethyl adjacent to an activating group) is 2. The van der Waals surface area contributed by atoms with Crippen LogP contribution in [0.5, 0.6) is 5.75 Å². The minimum Gasteiger partial charge on any atom is -0.480 e. The van der Waals surface area contributed by atoms with Crippen LogP contribution in [0.25, 0.3) is 10.9 Å². The topological polar surface area (TPSA) is 342 Å². The molecule has 0 radical (unpaired) electrons. The van der Waals surface area contributed by atoms with E-state index in [1.807, 2.05) is 26.8 Å². The number of likely N-dealkylation sites (tertiary alicyclic amines) is 1. The van der Waals surface area contributed by atoms with Crippen molar-refractivity contribution in [2.75, 3.05) is 87.7 Å². The number of hydrogen-bond acceptors (Lipinski definition) is 20. The van der Waals surface area contributed by atoms with Crippen molar-refractivity contribution in [3.05, 3.63) is 65.4 Å². The van der Waals surface area contributed by atoms with Crippen LogP contribution in [0.2, 0.25) is 0 Å². The number of carboxylic acids is 1. The van der Waals surface area contributed by atoms with Crippen LogP contribution in [0.15, 0.2) is 48.5 Å². The highest BCUT2D eigenvalue weighted by atomic mass is 16.7. The van der Waals surface area contributed by atoms with Gasteiger partial charge in [-0.25, -0.2) is 14.4 Å². The van der Waals surface area contributed by atoms with Gasteiger partial charge in [-0.3, -0.25) is 24.1 Å². The maximum Gasteiger partial charge on any atom is 0.410 e. The molecular formula is C67H104N6O21. The number of nitrogens with one attached hydrogen (secondary N) is 2. The van der Waals surface area contributed by atoms with Crippen LogP contribution < -0.4 is 15.4 Å². The van der Waals surface area contributed by atoms with Crippen LogP contribution >= 0.6 is 0 Å². The molecule has 3 heterocycles. The summed E-state index contributed by atoms with van der Waals surface area (Å²) in [4.78, 5) is 103. The highest BCUT2D eigenvalue weighted by Gasteiger charge is 2.47. The molecular weight excluding hydrogens is 1220 g/mol. The van der Waals surface area contributed by atoms with Gasteiger partial charge in [0.05, 0.1) is 88.4 Å². The monoisotopic (exact) mass is 1330 g/mol. The number of rotatable bonds is 39. The van der Waals surface area contributed by atoms with E-state index in [-0.39, 0.29) is 74.6 Å². The lowest BCUT2D eigenvalue weighted by molar-refractivity contribution is -0.277. The van der Waals surface area contributed by atoms with Gasteiger partial charge in [-0.1, -0.05) is 98.2 Å². The minimum atomic E-state index is -1.79. The molecule has 3 aromatic rings. The second-order valence-electron chi connectivity index (χ2n) is 24.8. The van der Waals surface area contributed by atoms with Gasteiger partial charge in [0, 0.05) is 59.8 Å². The molecule has 7 N–H and O–H groups in total. The summed E-state index contributed by atoms with van der Waals surface area (Å²) in [6, 6.07) is 8.77.